The monoisotopic (exact) mass is 301 g/mol. The number of amides is 1. The fourth-order valence-corrected chi connectivity index (χ4v) is 4.46. The van der Waals surface area contributed by atoms with E-state index in [1.165, 1.54) is 25.5 Å². The van der Waals surface area contributed by atoms with Crippen molar-refractivity contribution in [2.45, 2.75) is 70.4 Å². The molecular formula is C15H27NO3S. The van der Waals surface area contributed by atoms with E-state index in [0.717, 1.165) is 25.7 Å². The first kappa shape index (κ1) is 15.8. The minimum absolute atomic E-state index is 0.0832. The molecule has 2 aliphatic rings. The van der Waals surface area contributed by atoms with Gasteiger partial charge in [-0.05, 0) is 38.5 Å². The summed E-state index contributed by atoms with van der Waals surface area (Å²) in [4.78, 5) is 14.4. The third-order valence-electron chi connectivity index (χ3n) is 4.44. The highest BCUT2D eigenvalue weighted by molar-refractivity contribution is 7.90. The van der Waals surface area contributed by atoms with E-state index in [4.69, 9.17) is 0 Å². The van der Waals surface area contributed by atoms with Crippen molar-refractivity contribution in [2.75, 3.05) is 12.0 Å². The first-order valence-electron chi connectivity index (χ1n) is 7.85. The van der Waals surface area contributed by atoms with E-state index in [1.807, 2.05) is 11.8 Å². The van der Waals surface area contributed by atoms with E-state index in [0.29, 0.717) is 18.4 Å². The van der Waals surface area contributed by atoms with Crippen LogP contribution < -0.4 is 0 Å². The molecule has 2 rings (SSSR count). The number of rotatable bonds is 6. The normalized spacial score (nSPS) is 22.5. The standard InChI is InChI=1S/C15H27NO3S/c1-12(11-20(2,18)19)16(14-8-9-14)15(17)10-13-6-4-3-5-7-13/h12-14H,3-11H2,1-2H3/t12-/m0/s1. The number of carbonyl (C=O) groups excluding carboxylic acids is 1. The van der Waals surface area contributed by atoms with E-state index in [2.05, 4.69) is 0 Å². The minimum Gasteiger partial charge on any atom is -0.336 e. The molecule has 0 N–H and O–H groups in total. The first-order chi connectivity index (χ1) is 9.37. The van der Waals surface area contributed by atoms with Crippen molar-refractivity contribution < 1.29 is 13.2 Å². The third-order valence-corrected chi connectivity index (χ3v) is 5.52. The molecule has 2 saturated carbocycles. The zero-order valence-corrected chi connectivity index (χ0v) is 13.5. The van der Waals surface area contributed by atoms with E-state index in [1.54, 1.807) is 0 Å². The highest BCUT2D eigenvalue weighted by atomic mass is 32.2. The van der Waals surface area contributed by atoms with Crippen molar-refractivity contribution >= 4 is 15.7 Å². The third kappa shape index (κ3) is 4.76. The molecule has 1 atom stereocenters. The van der Waals surface area contributed by atoms with Crippen LogP contribution in [0.1, 0.15) is 58.3 Å². The predicted octanol–water partition coefficient (Wildman–Crippen LogP) is 2.38. The zero-order valence-electron chi connectivity index (χ0n) is 12.7. The Labute approximate surface area is 122 Å². The lowest BCUT2D eigenvalue weighted by Crippen LogP contribution is -2.44. The quantitative estimate of drug-likeness (QED) is 0.757. The molecule has 0 bridgehead atoms. The molecule has 5 heteroatoms. The molecule has 2 fully saturated rings. The van der Waals surface area contributed by atoms with Crippen molar-refractivity contribution in [3.05, 3.63) is 0 Å². The van der Waals surface area contributed by atoms with Gasteiger partial charge in [-0.1, -0.05) is 19.3 Å². The van der Waals surface area contributed by atoms with Gasteiger partial charge in [-0.3, -0.25) is 4.79 Å². The number of hydrogen-bond donors (Lipinski definition) is 0. The second kappa shape index (κ2) is 6.46. The summed E-state index contributed by atoms with van der Waals surface area (Å²) < 4.78 is 22.9. The highest BCUT2D eigenvalue weighted by Crippen LogP contribution is 2.32. The maximum absolute atomic E-state index is 12.6. The van der Waals surface area contributed by atoms with Gasteiger partial charge in [0, 0.05) is 24.8 Å². The molecule has 0 aliphatic heterocycles. The van der Waals surface area contributed by atoms with Crippen LogP contribution in [-0.2, 0) is 14.6 Å². The molecule has 116 valence electrons. The van der Waals surface area contributed by atoms with Crippen LogP contribution in [0.15, 0.2) is 0 Å². The average Bonchev–Trinajstić information content (AvgIpc) is 3.12. The largest absolute Gasteiger partial charge is 0.336 e. The molecule has 1 amide bonds. The van der Waals surface area contributed by atoms with E-state index >= 15 is 0 Å². The molecule has 0 spiro atoms. The van der Waals surface area contributed by atoms with Gasteiger partial charge in [-0.15, -0.1) is 0 Å². The second-order valence-electron chi connectivity index (χ2n) is 6.68. The SMILES string of the molecule is C[C@@H](CS(C)(=O)=O)N(C(=O)CC1CCCCC1)C1CC1. The Morgan fingerprint density at radius 2 is 1.75 bits per heavy atom. The van der Waals surface area contributed by atoms with Crippen molar-refractivity contribution in [3.63, 3.8) is 0 Å². The van der Waals surface area contributed by atoms with Gasteiger partial charge in [0.25, 0.3) is 0 Å². The minimum atomic E-state index is -3.03. The molecule has 20 heavy (non-hydrogen) atoms. The van der Waals surface area contributed by atoms with Gasteiger partial charge in [0.1, 0.15) is 9.84 Å². The maximum Gasteiger partial charge on any atom is 0.223 e. The molecule has 0 aromatic heterocycles. The van der Waals surface area contributed by atoms with Crippen LogP contribution in [0.5, 0.6) is 0 Å². The van der Waals surface area contributed by atoms with Gasteiger partial charge in [0.2, 0.25) is 5.91 Å². The highest BCUT2D eigenvalue weighted by Gasteiger charge is 2.37. The summed E-state index contributed by atoms with van der Waals surface area (Å²) in [7, 11) is -3.03. The topological polar surface area (TPSA) is 54.5 Å². The summed E-state index contributed by atoms with van der Waals surface area (Å²) in [6.45, 7) is 1.87. The van der Waals surface area contributed by atoms with Crippen LogP contribution in [0.2, 0.25) is 0 Å². The summed E-state index contributed by atoms with van der Waals surface area (Å²) in [5, 5.41) is 0. The Kier molecular flexibility index (Phi) is 5.10. The number of nitrogens with zero attached hydrogens (tertiary/aromatic N) is 1. The molecular weight excluding hydrogens is 274 g/mol. The molecule has 0 heterocycles. The van der Waals surface area contributed by atoms with E-state index < -0.39 is 9.84 Å². The predicted molar refractivity (Wildman–Crippen MR) is 80.2 cm³/mol. The number of sulfone groups is 1. The van der Waals surface area contributed by atoms with Gasteiger partial charge < -0.3 is 4.90 Å². The summed E-state index contributed by atoms with van der Waals surface area (Å²) in [5.41, 5.74) is 0. The lowest BCUT2D eigenvalue weighted by Gasteiger charge is -2.31. The molecule has 0 aromatic carbocycles. The molecule has 0 aromatic rings. The maximum atomic E-state index is 12.6. The Bertz CT molecular complexity index is 436. The Morgan fingerprint density at radius 3 is 2.25 bits per heavy atom. The van der Waals surface area contributed by atoms with Crippen LogP contribution in [0.3, 0.4) is 0 Å². The molecule has 2 aliphatic carbocycles. The Balaban J connectivity index is 1.95. The van der Waals surface area contributed by atoms with Crippen LogP contribution in [0.4, 0.5) is 0 Å². The van der Waals surface area contributed by atoms with Crippen LogP contribution >= 0.6 is 0 Å². The van der Waals surface area contributed by atoms with Crippen LogP contribution in [0.25, 0.3) is 0 Å². The lowest BCUT2D eigenvalue weighted by molar-refractivity contribution is -0.134. The van der Waals surface area contributed by atoms with Crippen molar-refractivity contribution in [3.8, 4) is 0 Å². The van der Waals surface area contributed by atoms with Gasteiger partial charge >= 0.3 is 0 Å². The van der Waals surface area contributed by atoms with Crippen LogP contribution in [-0.4, -0.2) is 43.3 Å². The molecule has 4 nitrogen and oxygen atoms in total. The van der Waals surface area contributed by atoms with Gasteiger partial charge in [-0.25, -0.2) is 8.42 Å². The van der Waals surface area contributed by atoms with E-state index in [9.17, 15) is 13.2 Å². The van der Waals surface area contributed by atoms with Crippen molar-refractivity contribution in [1.82, 2.24) is 4.90 Å². The summed E-state index contributed by atoms with van der Waals surface area (Å²) >= 11 is 0. The molecule has 0 unspecified atom stereocenters. The Hall–Kier alpha value is -0.580. The summed E-state index contributed by atoms with van der Waals surface area (Å²) in [6, 6.07) is 0.108. The van der Waals surface area contributed by atoms with Gasteiger partial charge in [-0.2, -0.15) is 0 Å². The average molecular weight is 301 g/mol. The first-order valence-corrected chi connectivity index (χ1v) is 9.92. The fraction of sp³-hybridized carbons (Fsp3) is 0.933. The lowest BCUT2D eigenvalue weighted by atomic mass is 9.86. The Morgan fingerprint density at radius 1 is 1.15 bits per heavy atom. The number of hydrogen-bond acceptors (Lipinski definition) is 3. The second-order valence-corrected chi connectivity index (χ2v) is 8.87. The summed E-state index contributed by atoms with van der Waals surface area (Å²) in [6.07, 6.45) is 10.0. The number of carbonyl (C=O) groups is 1. The van der Waals surface area contributed by atoms with Crippen molar-refractivity contribution in [2.24, 2.45) is 5.92 Å². The van der Waals surface area contributed by atoms with Gasteiger partial charge in [0.05, 0.1) is 5.75 Å². The molecule has 0 saturated heterocycles. The van der Waals surface area contributed by atoms with Crippen LogP contribution in [0, 0.1) is 5.92 Å². The smallest absolute Gasteiger partial charge is 0.223 e. The van der Waals surface area contributed by atoms with Gasteiger partial charge in [0.15, 0.2) is 0 Å². The van der Waals surface area contributed by atoms with Crippen molar-refractivity contribution in [1.29, 1.82) is 0 Å². The molecule has 0 radical (unpaired) electrons. The van der Waals surface area contributed by atoms with E-state index in [-0.39, 0.29) is 17.7 Å². The summed E-state index contributed by atoms with van der Waals surface area (Å²) in [5.74, 6) is 0.776. The fourth-order valence-electron chi connectivity index (χ4n) is 3.42. The zero-order chi connectivity index (χ0) is 14.8.